The molecule has 0 aromatic heterocycles. The molecule has 6 rings (SSSR count). The highest BCUT2D eigenvalue weighted by Gasteiger charge is 2.63. The van der Waals surface area contributed by atoms with Gasteiger partial charge in [-0.1, -0.05) is 0 Å². The number of carbonyl (C=O) groups excluding carboxylic acids is 2. The van der Waals surface area contributed by atoms with Crippen molar-refractivity contribution in [1.29, 1.82) is 0 Å². The number of hydrogen-bond acceptors (Lipinski definition) is 9. The Balaban J connectivity index is 1.32. The van der Waals surface area contributed by atoms with Gasteiger partial charge in [0.1, 0.15) is 11.2 Å². The summed E-state index contributed by atoms with van der Waals surface area (Å²) in [5, 5.41) is 11.3. The second-order valence-electron chi connectivity index (χ2n) is 11.8. The molecule has 1 heterocycles. The molecule has 1 aromatic carbocycles. The monoisotopic (exact) mass is 516 g/mol. The fourth-order valence-corrected chi connectivity index (χ4v) is 7.35. The summed E-state index contributed by atoms with van der Waals surface area (Å²) in [6.45, 7) is 6.47. The van der Waals surface area contributed by atoms with Crippen LogP contribution in [0.4, 0.5) is 5.69 Å². The lowest BCUT2D eigenvalue weighted by atomic mass is 9.48. The van der Waals surface area contributed by atoms with Gasteiger partial charge < -0.3 is 18.9 Å². The van der Waals surface area contributed by atoms with Gasteiger partial charge in [-0.2, -0.15) is 0 Å². The van der Waals surface area contributed by atoms with Gasteiger partial charge in [-0.3, -0.25) is 24.6 Å². The van der Waals surface area contributed by atoms with E-state index in [0.29, 0.717) is 50.1 Å². The van der Waals surface area contributed by atoms with Crippen LogP contribution in [-0.4, -0.2) is 67.3 Å². The molecular weight excluding hydrogens is 480 g/mol. The molecule has 0 spiro atoms. The van der Waals surface area contributed by atoms with Crippen LogP contribution in [0, 0.1) is 27.4 Å². The van der Waals surface area contributed by atoms with Crippen LogP contribution in [0.25, 0.3) is 0 Å². The minimum atomic E-state index is -1.02. The first-order valence-corrected chi connectivity index (χ1v) is 13.1. The van der Waals surface area contributed by atoms with Crippen LogP contribution in [0.2, 0.25) is 0 Å². The van der Waals surface area contributed by atoms with Crippen LogP contribution in [0.3, 0.4) is 0 Å². The maximum atomic E-state index is 13.8. The predicted molar refractivity (Wildman–Crippen MR) is 132 cm³/mol. The minimum Gasteiger partial charge on any atom is -0.490 e. The van der Waals surface area contributed by atoms with E-state index in [4.69, 9.17) is 18.9 Å². The molecule has 2 unspecified atom stereocenters. The van der Waals surface area contributed by atoms with Gasteiger partial charge in [0.05, 0.1) is 37.2 Å². The Labute approximate surface area is 216 Å². The number of nitrogens with zero attached hydrogens (tertiary/aromatic N) is 2. The number of methoxy groups -OCH3 is 1. The lowest BCUT2D eigenvalue weighted by molar-refractivity contribution is -0.385. The first-order valence-electron chi connectivity index (χ1n) is 13.1. The molecule has 10 heteroatoms. The van der Waals surface area contributed by atoms with E-state index < -0.39 is 21.5 Å². The Morgan fingerprint density at radius 1 is 1.16 bits per heavy atom. The van der Waals surface area contributed by atoms with E-state index in [0.717, 1.165) is 32.1 Å². The van der Waals surface area contributed by atoms with Gasteiger partial charge in [0.2, 0.25) is 0 Å². The van der Waals surface area contributed by atoms with E-state index in [-0.39, 0.29) is 29.9 Å². The summed E-state index contributed by atoms with van der Waals surface area (Å²) >= 11 is 0. The van der Waals surface area contributed by atoms with E-state index in [1.54, 1.807) is 26.0 Å². The van der Waals surface area contributed by atoms with Crippen molar-refractivity contribution in [3.63, 3.8) is 0 Å². The van der Waals surface area contributed by atoms with Crippen molar-refractivity contribution in [3.05, 3.63) is 33.9 Å². The largest absolute Gasteiger partial charge is 0.490 e. The topological polar surface area (TPSA) is 117 Å². The second kappa shape index (κ2) is 9.54. The number of carbonyl (C=O) groups is 2. The number of ether oxygens (including phenoxy) is 4. The minimum absolute atomic E-state index is 0.118. The summed E-state index contributed by atoms with van der Waals surface area (Å²) in [5.41, 5.74) is -1.86. The third kappa shape index (κ3) is 5.05. The van der Waals surface area contributed by atoms with E-state index in [1.165, 1.54) is 13.2 Å². The first-order chi connectivity index (χ1) is 17.5. The molecule has 5 aliphatic rings. The van der Waals surface area contributed by atoms with Gasteiger partial charge in [-0.25, -0.2) is 0 Å². The summed E-state index contributed by atoms with van der Waals surface area (Å²) in [6.07, 6.45) is 4.63. The summed E-state index contributed by atoms with van der Waals surface area (Å²) in [4.78, 5) is 39.6. The molecule has 1 aromatic rings. The Morgan fingerprint density at radius 2 is 1.84 bits per heavy atom. The van der Waals surface area contributed by atoms with Gasteiger partial charge in [-0.05, 0) is 75.5 Å². The molecular formula is C27H36N2O8. The Hall–Kier alpha value is -2.72. The zero-order chi connectivity index (χ0) is 26.4. The van der Waals surface area contributed by atoms with E-state index in [2.05, 4.69) is 4.90 Å². The van der Waals surface area contributed by atoms with Crippen LogP contribution in [0.1, 0.15) is 57.9 Å². The van der Waals surface area contributed by atoms with Crippen molar-refractivity contribution in [2.24, 2.45) is 17.3 Å². The number of esters is 2. The summed E-state index contributed by atoms with van der Waals surface area (Å²) in [5.74, 6) is 0.260. The molecule has 5 fully saturated rings. The second-order valence-corrected chi connectivity index (χ2v) is 11.8. The Kier molecular flexibility index (Phi) is 6.68. The fourth-order valence-electron chi connectivity index (χ4n) is 7.35. The Bertz CT molecular complexity index is 1070. The third-order valence-corrected chi connectivity index (χ3v) is 8.65. The number of rotatable bonds is 8. The van der Waals surface area contributed by atoms with Crippen molar-refractivity contribution in [2.75, 3.05) is 40.0 Å². The van der Waals surface area contributed by atoms with Crippen molar-refractivity contribution >= 4 is 17.6 Å². The van der Waals surface area contributed by atoms with E-state index in [9.17, 15) is 19.7 Å². The van der Waals surface area contributed by atoms with E-state index >= 15 is 0 Å². The van der Waals surface area contributed by atoms with Gasteiger partial charge in [-0.15, -0.1) is 0 Å². The van der Waals surface area contributed by atoms with E-state index in [1.807, 2.05) is 0 Å². The standard InChI is InChI=1S/C27H36N2O8/c1-25(2,20-4-5-21(29(32)33)22(11-20)34-3)37-24(31)26-12-18-10-19(13-26)15-27(14-18,17-26)36-23(30)16-28-6-8-35-9-7-28/h4-5,11,18-19H,6-10,12-17H2,1-3H3. The smallest absolute Gasteiger partial charge is 0.320 e. The quantitative estimate of drug-likeness (QED) is 0.290. The normalized spacial score (nSPS) is 31.1. The number of nitro benzene ring substituents is 1. The maximum Gasteiger partial charge on any atom is 0.320 e. The lowest BCUT2D eigenvalue weighted by Crippen LogP contribution is -2.60. The van der Waals surface area contributed by atoms with Gasteiger partial charge in [0, 0.05) is 25.6 Å². The highest BCUT2D eigenvalue weighted by atomic mass is 16.6. The van der Waals surface area contributed by atoms with Gasteiger partial charge in [0.15, 0.2) is 5.75 Å². The molecule has 1 aliphatic heterocycles. The molecule has 2 atom stereocenters. The third-order valence-electron chi connectivity index (χ3n) is 8.65. The first kappa shape index (κ1) is 25.9. The average Bonchev–Trinajstić information content (AvgIpc) is 2.82. The van der Waals surface area contributed by atoms with Crippen molar-refractivity contribution in [2.45, 2.75) is 63.6 Å². The Morgan fingerprint density at radius 3 is 2.46 bits per heavy atom. The van der Waals surface area contributed by atoms with Crippen LogP contribution < -0.4 is 4.74 Å². The van der Waals surface area contributed by atoms with Crippen LogP contribution >= 0.6 is 0 Å². The number of nitro groups is 1. The molecule has 4 saturated carbocycles. The van der Waals surface area contributed by atoms with Crippen LogP contribution in [0.15, 0.2) is 18.2 Å². The van der Waals surface area contributed by atoms with Crippen molar-refractivity contribution in [3.8, 4) is 5.75 Å². The fraction of sp³-hybridized carbons (Fsp3) is 0.704. The molecule has 0 amide bonds. The number of benzene rings is 1. The molecule has 37 heavy (non-hydrogen) atoms. The molecule has 1 saturated heterocycles. The summed E-state index contributed by atoms with van der Waals surface area (Å²) < 4.78 is 22.9. The van der Waals surface area contributed by atoms with Crippen molar-refractivity contribution < 1.29 is 33.5 Å². The molecule has 0 radical (unpaired) electrons. The number of morpholine rings is 1. The zero-order valence-electron chi connectivity index (χ0n) is 21.8. The SMILES string of the molecule is COc1cc(C(C)(C)OC(=O)C23CC4CC(CC(OC(=O)CN5CCOCC5)(C4)C2)C3)ccc1[N+](=O)[O-]. The molecule has 202 valence electrons. The van der Waals surface area contributed by atoms with Gasteiger partial charge >= 0.3 is 17.6 Å². The maximum absolute atomic E-state index is 13.8. The summed E-state index contributed by atoms with van der Waals surface area (Å²) in [7, 11) is 1.38. The van der Waals surface area contributed by atoms with Crippen molar-refractivity contribution in [1.82, 2.24) is 4.90 Å². The summed E-state index contributed by atoms with van der Waals surface area (Å²) in [6, 6.07) is 4.53. The highest BCUT2D eigenvalue weighted by Crippen LogP contribution is 2.63. The van der Waals surface area contributed by atoms with Crippen LogP contribution in [0.5, 0.6) is 5.75 Å². The predicted octanol–water partition coefficient (Wildman–Crippen LogP) is 3.60. The van der Waals surface area contributed by atoms with Gasteiger partial charge in [0.25, 0.3) is 0 Å². The molecule has 4 aliphatic carbocycles. The lowest BCUT2D eigenvalue weighted by Gasteiger charge is -2.60. The molecule has 4 bridgehead atoms. The average molecular weight is 517 g/mol. The number of hydrogen-bond donors (Lipinski definition) is 0. The zero-order valence-corrected chi connectivity index (χ0v) is 21.8. The highest BCUT2D eigenvalue weighted by molar-refractivity contribution is 5.79. The molecule has 10 nitrogen and oxygen atoms in total. The molecule has 0 N–H and O–H groups in total. The van der Waals surface area contributed by atoms with Crippen LogP contribution in [-0.2, 0) is 29.4 Å².